The van der Waals surface area contributed by atoms with E-state index in [2.05, 4.69) is 41.0 Å². The van der Waals surface area contributed by atoms with Crippen LogP contribution in [-0.4, -0.2) is 77.6 Å². The highest BCUT2D eigenvalue weighted by atomic mass is 16.3. The Morgan fingerprint density at radius 1 is 1.08 bits per heavy atom. The van der Waals surface area contributed by atoms with Crippen molar-refractivity contribution in [3.8, 4) is 0 Å². The van der Waals surface area contributed by atoms with Gasteiger partial charge in [0.1, 0.15) is 0 Å². The Morgan fingerprint density at radius 2 is 1.75 bits per heavy atom. The van der Waals surface area contributed by atoms with E-state index in [9.17, 15) is 9.90 Å². The van der Waals surface area contributed by atoms with E-state index >= 15 is 0 Å². The van der Waals surface area contributed by atoms with Gasteiger partial charge in [-0.2, -0.15) is 0 Å². The second-order valence-electron chi connectivity index (χ2n) is 7.21. The predicted molar refractivity (Wildman–Crippen MR) is 94.5 cm³/mol. The molecule has 0 bridgehead atoms. The summed E-state index contributed by atoms with van der Waals surface area (Å²) >= 11 is 0. The van der Waals surface area contributed by atoms with Crippen LogP contribution in [0.5, 0.6) is 0 Å². The van der Waals surface area contributed by atoms with Crippen LogP contribution in [0.15, 0.2) is 30.3 Å². The number of carbonyl (C=O) groups is 1. The van der Waals surface area contributed by atoms with Crippen molar-refractivity contribution in [1.29, 1.82) is 0 Å². The normalized spacial score (nSPS) is 26.5. The summed E-state index contributed by atoms with van der Waals surface area (Å²) < 4.78 is 0. The van der Waals surface area contributed by atoms with E-state index in [1.807, 2.05) is 11.0 Å². The predicted octanol–water partition coefficient (Wildman–Crippen LogP) is 1.03. The van der Waals surface area contributed by atoms with Gasteiger partial charge in [-0.25, -0.2) is 0 Å². The maximum atomic E-state index is 12.5. The van der Waals surface area contributed by atoms with Gasteiger partial charge >= 0.3 is 0 Å². The van der Waals surface area contributed by atoms with Crippen molar-refractivity contribution >= 4 is 5.91 Å². The lowest BCUT2D eigenvalue weighted by molar-refractivity contribution is -0.137. The van der Waals surface area contributed by atoms with Gasteiger partial charge in [-0.05, 0) is 17.9 Å². The molecule has 1 N–H and O–H groups in total. The molecule has 24 heavy (non-hydrogen) atoms. The molecule has 2 saturated heterocycles. The minimum Gasteiger partial charge on any atom is -0.391 e. The Balaban J connectivity index is 1.41. The molecule has 1 amide bonds. The molecular formula is C19H29N3O2. The summed E-state index contributed by atoms with van der Waals surface area (Å²) in [6.07, 6.45) is 0.531. The maximum Gasteiger partial charge on any atom is 0.236 e. The van der Waals surface area contributed by atoms with E-state index in [-0.39, 0.29) is 12.0 Å². The topological polar surface area (TPSA) is 47.0 Å². The van der Waals surface area contributed by atoms with Gasteiger partial charge in [0.25, 0.3) is 0 Å². The number of carbonyl (C=O) groups excluding carboxylic acids is 1. The molecule has 2 aliphatic rings. The average Bonchev–Trinajstić information content (AvgIpc) is 2.60. The Hall–Kier alpha value is -1.43. The molecule has 5 heteroatoms. The fourth-order valence-corrected chi connectivity index (χ4v) is 3.51. The number of piperazine rings is 1. The Labute approximate surface area is 144 Å². The van der Waals surface area contributed by atoms with Gasteiger partial charge in [0.15, 0.2) is 0 Å². The molecule has 2 atom stereocenters. The second-order valence-corrected chi connectivity index (χ2v) is 7.21. The van der Waals surface area contributed by atoms with Gasteiger partial charge in [0.2, 0.25) is 5.91 Å². The molecule has 0 aliphatic carbocycles. The first-order valence-electron chi connectivity index (χ1n) is 9.06. The molecule has 2 unspecified atom stereocenters. The molecule has 2 fully saturated rings. The Bertz CT molecular complexity index is 529. The minimum absolute atomic E-state index is 0.164. The van der Waals surface area contributed by atoms with Crippen molar-refractivity contribution < 1.29 is 9.90 Å². The lowest BCUT2D eigenvalue weighted by Crippen LogP contribution is -2.52. The number of aliphatic hydroxyl groups excluding tert-OH is 1. The number of hydrogen-bond acceptors (Lipinski definition) is 4. The van der Waals surface area contributed by atoms with Crippen molar-refractivity contribution in [1.82, 2.24) is 14.7 Å². The van der Waals surface area contributed by atoms with Crippen LogP contribution in [0.3, 0.4) is 0 Å². The molecule has 1 aromatic carbocycles. The van der Waals surface area contributed by atoms with Crippen LogP contribution in [0, 0.1) is 5.92 Å². The maximum absolute atomic E-state index is 12.5. The fourth-order valence-electron chi connectivity index (χ4n) is 3.51. The van der Waals surface area contributed by atoms with Gasteiger partial charge in [0.05, 0.1) is 12.6 Å². The highest BCUT2D eigenvalue weighted by molar-refractivity contribution is 5.78. The smallest absolute Gasteiger partial charge is 0.236 e. The van der Waals surface area contributed by atoms with Crippen LogP contribution in [-0.2, 0) is 11.3 Å². The van der Waals surface area contributed by atoms with Gasteiger partial charge < -0.3 is 10.0 Å². The number of likely N-dealkylation sites (tertiary alicyclic amines) is 1. The second kappa shape index (κ2) is 8.10. The van der Waals surface area contributed by atoms with Crippen LogP contribution in [0.25, 0.3) is 0 Å². The molecule has 0 spiro atoms. The van der Waals surface area contributed by atoms with Gasteiger partial charge in [0, 0.05) is 45.8 Å². The molecule has 2 heterocycles. The van der Waals surface area contributed by atoms with Crippen molar-refractivity contribution in [2.24, 2.45) is 5.92 Å². The van der Waals surface area contributed by atoms with Crippen molar-refractivity contribution in [3.05, 3.63) is 35.9 Å². The molecular weight excluding hydrogens is 302 g/mol. The third kappa shape index (κ3) is 4.56. The van der Waals surface area contributed by atoms with Crippen LogP contribution >= 0.6 is 0 Å². The van der Waals surface area contributed by atoms with E-state index in [1.165, 1.54) is 5.56 Å². The molecule has 3 rings (SSSR count). The zero-order valence-electron chi connectivity index (χ0n) is 14.6. The van der Waals surface area contributed by atoms with E-state index in [4.69, 9.17) is 0 Å². The molecule has 0 radical (unpaired) electrons. The molecule has 132 valence electrons. The van der Waals surface area contributed by atoms with Gasteiger partial charge in [-0.15, -0.1) is 0 Å². The Kier molecular flexibility index (Phi) is 5.87. The summed E-state index contributed by atoms with van der Waals surface area (Å²) in [6, 6.07) is 10.5. The molecule has 2 aliphatic heterocycles. The first-order valence-corrected chi connectivity index (χ1v) is 9.06. The van der Waals surface area contributed by atoms with Crippen LogP contribution in [0.1, 0.15) is 18.9 Å². The summed E-state index contributed by atoms with van der Waals surface area (Å²) in [6.45, 7) is 8.68. The number of β-amino-alcohol motifs (C(OH)–C–C–N with tert-alkyl or cyclic N) is 1. The summed E-state index contributed by atoms with van der Waals surface area (Å²) in [4.78, 5) is 19.0. The summed E-state index contributed by atoms with van der Waals surface area (Å²) in [5, 5.41) is 9.96. The molecule has 0 saturated carbocycles. The zero-order chi connectivity index (χ0) is 16.9. The number of hydrogen-bond donors (Lipinski definition) is 1. The molecule has 5 nitrogen and oxygen atoms in total. The number of piperidine rings is 1. The first kappa shape index (κ1) is 17.4. The largest absolute Gasteiger partial charge is 0.391 e. The van der Waals surface area contributed by atoms with Gasteiger partial charge in [-0.1, -0.05) is 37.3 Å². The highest BCUT2D eigenvalue weighted by Crippen LogP contribution is 2.17. The summed E-state index contributed by atoms with van der Waals surface area (Å²) in [5.41, 5.74) is 1.35. The SMILES string of the molecule is CC1CCN(C(=O)CN2CCN(Cc3ccccc3)CC2)CC1O. The number of aliphatic hydroxyl groups is 1. The third-order valence-electron chi connectivity index (χ3n) is 5.34. The molecule has 1 aromatic rings. The average molecular weight is 331 g/mol. The van der Waals surface area contributed by atoms with Crippen molar-refractivity contribution in [2.75, 3.05) is 45.8 Å². The van der Waals surface area contributed by atoms with Crippen LogP contribution in [0.2, 0.25) is 0 Å². The van der Waals surface area contributed by atoms with Crippen molar-refractivity contribution in [2.45, 2.75) is 26.0 Å². The summed E-state index contributed by atoms with van der Waals surface area (Å²) in [7, 11) is 0. The fraction of sp³-hybridized carbons (Fsp3) is 0.632. The summed E-state index contributed by atoms with van der Waals surface area (Å²) in [5.74, 6) is 0.466. The third-order valence-corrected chi connectivity index (χ3v) is 5.34. The monoisotopic (exact) mass is 331 g/mol. The standard InChI is InChI=1S/C19H29N3O2/c1-16-7-8-22(14-18(16)23)19(24)15-21-11-9-20(10-12-21)13-17-5-3-2-4-6-17/h2-6,16,18,23H,7-15H2,1H3. The number of benzene rings is 1. The van der Waals surface area contributed by atoms with E-state index in [0.29, 0.717) is 19.0 Å². The lowest BCUT2D eigenvalue weighted by atomic mass is 9.96. The number of rotatable bonds is 4. The van der Waals surface area contributed by atoms with E-state index < -0.39 is 0 Å². The van der Waals surface area contributed by atoms with Crippen molar-refractivity contribution in [3.63, 3.8) is 0 Å². The lowest BCUT2D eigenvalue weighted by Gasteiger charge is -2.38. The quantitative estimate of drug-likeness (QED) is 0.895. The minimum atomic E-state index is -0.370. The number of amides is 1. The zero-order valence-corrected chi connectivity index (χ0v) is 14.6. The first-order chi connectivity index (χ1) is 11.6. The van der Waals surface area contributed by atoms with E-state index in [0.717, 1.165) is 45.7 Å². The van der Waals surface area contributed by atoms with Crippen LogP contribution in [0.4, 0.5) is 0 Å². The number of nitrogens with zero attached hydrogens (tertiary/aromatic N) is 3. The molecule has 0 aromatic heterocycles. The Morgan fingerprint density at radius 3 is 2.42 bits per heavy atom. The van der Waals surface area contributed by atoms with Crippen LogP contribution < -0.4 is 0 Å². The highest BCUT2D eigenvalue weighted by Gasteiger charge is 2.28. The van der Waals surface area contributed by atoms with E-state index in [1.54, 1.807) is 0 Å². The van der Waals surface area contributed by atoms with Gasteiger partial charge in [-0.3, -0.25) is 14.6 Å².